The molecule has 1 aliphatic heterocycles. The van der Waals surface area contributed by atoms with Crippen molar-refractivity contribution in [1.29, 1.82) is 0 Å². The highest BCUT2D eigenvalue weighted by Crippen LogP contribution is 2.40. The lowest BCUT2D eigenvalue weighted by Crippen LogP contribution is -2.01. The largest absolute Gasteiger partial charge is 0.495 e. The lowest BCUT2D eigenvalue weighted by molar-refractivity contribution is 0.173. The fourth-order valence-electron chi connectivity index (χ4n) is 2.14. The molecule has 0 radical (unpaired) electrons. The van der Waals surface area contributed by atoms with Crippen LogP contribution in [0.15, 0.2) is 34.8 Å². The lowest BCUT2D eigenvalue weighted by Gasteiger charge is -2.12. The van der Waals surface area contributed by atoms with Gasteiger partial charge in [-0.15, -0.1) is 0 Å². The fraction of sp³-hybridized carbons (Fsp3) is 0.200. The van der Waals surface area contributed by atoms with Gasteiger partial charge in [-0.3, -0.25) is 0 Å². The van der Waals surface area contributed by atoms with E-state index >= 15 is 0 Å². The standard InChI is InChI=1S/C15H13BrClNO3/c1-19-13-3-2-10(17)6-12(13)18-7-9-4-11(16)15-14(5-9)20-8-21-15/h2-6,18H,7-8H2,1H3. The van der Waals surface area contributed by atoms with Crippen LogP contribution in [-0.4, -0.2) is 13.9 Å². The van der Waals surface area contributed by atoms with Crippen LogP contribution < -0.4 is 19.5 Å². The van der Waals surface area contributed by atoms with E-state index in [1.54, 1.807) is 13.2 Å². The molecule has 6 heteroatoms. The molecule has 110 valence electrons. The number of benzene rings is 2. The molecule has 0 atom stereocenters. The van der Waals surface area contributed by atoms with Crippen LogP contribution in [0.25, 0.3) is 0 Å². The van der Waals surface area contributed by atoms with E-state index < -0.39 is 0 Å². The van der Waals surface area contributed by atoms with Gasteiger partial charge in [0.25, 0.3) is 0 Å². The molecule has 21 heavy (non-hydrogen) atoms. The molecule has 3 rings (SSSR count). The van der Waals surface area contributed by atoms with Crippen LogP contribution in [-0.2, 0) is 6.54 Å². The van der Waals surface area contributed by atoms with E-state index in [9.17, 15) is 0 Å². The Morgan fingerprint density at radius 2 is 2.14 bits per heavy atom. The number of ether oxygens (including phenoxy) is 3. The first kappa shape index (κ1) is 14.4. The summed E-state index contributed by atoms with van der Waals surface area (Å²) in [6.45, 7) is 0.874. The summed E-state index contributed by atoms with van der Waals surface area (Å²) in [4.78, 5) is 0. The molecule has 0 aliphatic carbocycles. The zero-order chi connectivity index (χ0) is 14.8. The SMILES string of the molecule is COc1ccc(Cl)cc1NCc1cc(Br)c2c(c1)OCO2. The summed E-state index contributed by atoms with van der Waals surface area (Å²) in [5, 5.41) is 3.97. The normalized spacial score (nSPS) is 12.3. The van der Waals surface area contributed by atoms with Crippen LogP contribution in [0, 0.1) is 0 Å². The first-order valence-electron chi connectivity index (χ1n) is 6.33. The number of nitrogens with one attached hydrogen (secondary N) is 1. The zero-order valence-corrected chi connectivity index (χ0v) is 13.6. The van der Waals surface area contributed by atoms with Crippen LogP contribution in [0.1, 0.15) is 5.56 Å². The molecule has 2 aromatic carbocycles. The summed E-state index contributed by atoms with van der Waals surface area (Å²) in [7, 11) is 1.63. The fourth-order valence-corrected chi connectivity index (χ4v) is 2.91. The molecule has 0 amide bonds. The van der Waals surface area contributed by atoms with Gasteiger partial charge in [-0.05, 0) is 51.8 Å². The third-order valence-electron chi connectivity index (χ3n) is 3.13. The molecule has 2 aromatic rings. The van der Waals surface area contributed by atoms with Gasteiger partial charge in [0, 0.05) is 11.6 Å². The van der Waals surface area contributed by atoms with Crippen LogP contribution in [0.2, 0.25) is 5.02 Å². The molecular weight excluding hydrogens is 358 g/mol. The molecule has 0 saturated heterocycles. The van der Waals surface area contributed by atoms with Gasteiger partial charge in [-0.1, -0.05) is 11.6 Å². The van der Waals surface area contributed by atoms with Gasteiger partial charge in [-0.25, -0.2) is 0 Å². The highest BCUT2D eigenvalue weighted by Gasteiger charge is 2.18. The molecule has 4 nitrogen and oxygen atoms in total. The molecule has 0 saturated carbocycles. The summed E-state index contributed by atoms with van der Waals surface area (Å²) in [6, 6.07) is 9.42. The van der Waals surface area contributed by atoms with Crippen LogP contribution >= 0.6 is 27.5 Å². The molecular formula is C15H13BrClNO3. The van der Waals surface area contributed by atoms with Gasteiger partial charge in [0.1, 0.15) is 5.75 Å². The number of methoxy groups -OCH3 is 1. The van der Waals surface area contributed by atoms with Crippen molar-refractivity contribution in [3.63, 3.8) is 0 Å². The maximum absolute atomic E-state index is 6.02. The van der Waals surface area contributed by atoms with E-state index in [1.807, 2.05) is 24.3 Å². The van der Waals surface area contributed by atoms with Crippen molar-refractivity contribution in [1.82, 2.24) is 0 Å². The number of hydrogen-bond acceptors (Lipinski definition) is 4. The van der Waals surface area contributed by atoms with Crippen LogP contribution in [0.5, 0.6) is 17.2 Å². The van der Waals surface area contributed by atoms with Crippen molar-refractivity contribution in [2.24, 2.45) is 0 Å². The topological polar surface area (TPSA) is 39.7 Å². The Morgan fingerprint density at radius 1 is 1.29 bits per heavy atom. The van der Waals surface area contributed by atoms with Gasteiger partial charge in [0.2, 0.25) is 6.79 Å². The van der Waals surface area contributed by atoms with Crippen LogP contribution in [0.3, 0.4) is 0 Å². The maximum atomic E-state index is 6.02. The first-order chi connectivity index (χ1) is 10.2. The third-order valence-corrected chi connectivity index (χ3v) is 3.96. The van der Waals surface area contributed by atoms with Gasteiger partial charge in [-0.2, -0.15) is 0 Å². The van der Waals surface area contributed by atoms with Crippen molar-refractivity contribution in [3.05, 3.63) is 45.4 Å². The minimum atomic E-state index is 0.257. The molecule has 0 fully saturated rings. The van der Waals surface area contributed by atoms with Crippen molar-refractivity contribution >= 4 is 33.2 Å². The Kier molecular flexibility index (Phi) is 4.12. The quantitative estimate of drug-likeness (QED) is 0.863. The lowest BCUT2D eigenvalue weighted by atomic mass is 10.2. The Morgan fingerprint density at radius 3 is 2.95 bits per heavy atom. The van der Waals surface area contributed by atoms with E-state index in [0.717, 1.165) is 33.0 Å². The zero-order valence-electron chi connectivity index (χ0n) is 11.3. The molecule has 0 unspecified atom stereocenters. The van der Waals surface area contributed by atoms with Gasteiger partial charge >= 0.3 is 0 Å². The summed E-state index contributed by atoms with van der Waals surface area (Å²) >= 11 is 9.50. The molecule has 1 heterocycles. The average Bonchev–Trinajstić information content (AvgIpc) is 2.94. The summed E-state index contributed by atoms with van der Waals surface area (Å²) in [5.41, 5.74) is 1.91. The second-order valence-electron chi connectivity index (χ2n) is 4.51. The van der Waals surface area contributed by atoms with Gasteiger partial charge < -0.3 is 19.5 Å². The first-order valence-corrected chi connectivity index (χ1v) is 7.50. The molecule has 1 aliphatic rings. The van der Waals surface area contributed by atoms with E-state index in [-0.39, 0.29) is 6.79 Å². The smallest absolute Gasteiger partial charge is 0.231 e. The van der Waals surface area contributed by atoms with Crippen LogP contribution in [0.4, 0.5) is 5.69 Å². The summed E-state index contributed by atoms with van der Waals surface area (Å²) in [6.07, 6.45) is 0. The number of halogens is 2. The van der Waals surface area contributed by atoms with Crippen molar-refractivity contribution in [2.75, 3.05) is 19.2 Å². The highest BCUT2D eigenvalue weighted by molar-refractivity contribution is 9.10. The molecule has 1 N–H and O–H groups in total. The average molecular weight is 371 g/mol. The minimum absolute atomic E-state index is 0.257. The summed E-state index contributed by atoms with van der Waals surface area (Å²) < 4.78 is 17.0. The molecule has 0 spiro atoms. The number of fused-ring (bicyclic) bond motifs is 1. The Labute approximate surface area is 136 Å². The van der Waals surface area contributed by atoms with Crippen molar-refractivity contribution in [2.45, 2.75) is 6.54 Å². The highest BCUT2D eigenvalue weighted by atomic mass is 79.9. The van der Waals surface area contributed by atoms with Crippen molar-refractivity contribution < 1.29 is 14.2 Å². The second kappa shape index (κ2) is 6.03. The molecule has 0 bridgehead atoms. The number of anilines is 1. The summed E-state index contributed by atoms with van der Waals surface area (Å²) in [5.74, 6) is 2.25. The van der Waals surface area contributed by atoms with Crippen molar-refractivity contribution in [3.8, 4) is 17.2 Å². The Hall–Kier alpha value is -1.59. The van der Waals surface area contributed by atoms with E-state index in [2.05, 4.69) is 21.2 Å². The second-order valence-corrected chi connectivity index (χ2v) is 5.80. The number of hydrogen-bond donors (Lipinski definition) is 1. The number of rotatable bonds is 4. The van der Waals surface area contributed by atoms with E-state index in [4.69, 9.17) is 25.8 Å². The van der Waals surface area contributed by atoms with E-state index in [0.29, 0.717) is 11.6 Å². The van der Waals surface area contributed by atoms with E-state index in [1.165, 1.54) is 0 Å². The monoisotopic (exact) mass is 369 g/mol. The predicted octanol–water partition coefficient (Wildman–Crippen LogP) is 4.45. The van der Waals surface area contributed by atoms with Gasteiger partial charge in [0.05, 0.1) is 17.3 Å². The predicted molar refractivity (Wildman–Crippen MR) is 85.6 cm³/mol. The van der Waals surface area contributed by atoms with Gasteiger partial charge in [0.15, 0.2) is 11.5 Å². The third kappa shape index (κ3) is 3.04. The molecule has 0 aromatic heterocycles. The minimum Gasteiger partial charge on any atom is -0.495 e. The maximum Gasteiger partial charge on any atom is 0.231 e. The Balaban J connectivity index is 1.79. The Bertz CT molecular complexity index is 678.